The van der Waals surface area contributed by atoms with Gasteiger partial charge >= 0.3 is 0 Å². The number of hydrogen-bond donors (Lipinski definition) is 1. The fourth-order valence-corrected chi connectivity index (χ4v) is 6.01. The summed E-state index contributed by atoms with van der Waals surface area (Å²) in [5.74, 6) is 3.91. The Morgan fingerprint density at radius 3 is 2.26 bits per heavy atom. The van der Waals surface area contributed by atoms with Gasteiger partial charge in [0.05, 0.1) is 5.54 Å². The van der Waals surface area contributed by atoms with Gasteiger partial charge in [0.2, 0.25) is 5.91 Å². The third kappa shape index (κ3) is 2.12. The molecule has 0 radical (unpaired) electrons. The number of nitrogens with one attached hydrogen (secondary N) is 1. The summed E-state index contributed by atoms with van der Waals surface area (Å²) >= 11 is 1.74. The van der Waals surface area contributed by atoms with Crippen molar-refractivity contribution in [2.45, 2.75) is 51.0 Å². The number of carbonyl (C=O) groups excluding carboxylic acids is 1. The van der Waals surface area contributed by atoms with Crippen LogP contribution in [-0.2, 0) is 4.79 Å². The highest BCUT2D eigenvalue weighted by molar-refractivity contribution is 8.14. The van der Waals surface area contributed by atoms with Crippen molar-refractivity contribution in [1.29, 1.82) is 0 Å². The molecule has 1 unspecified atom stereocenters. The number of nitrogens with zero attached hydrogens (tertiary/aromatic N) is 1. The molecular weight excluding hydrogens is 256 g/mol. The van der Waals surface area contributed by atoms with Gasteiger partial charge in [-0.15, -0.1) is 0 Å². The first-order valence-corrected chi connectivity index (χ1v) is 8.64. The van der Waals surface area contributed by atoms with Gasteiger partial charge < -0.3 is 5.32 Å². The molecule has 4 aliphatic carbocycles. The number of carbonyl (C=O) groups is 1. The third-order valence-electron chi connectivity index (χ3n) is 5.49. The molecule has 4 bridgehead atoms. The lowest BCUT2D eigenvalue weighted by Crippen LogP contribution is -2.51. The van der Waals surface area contributed by atoms with Crippen molar-refractivity contribution in [3.63, 3.8) is 0 Å². The number of amides is 1. The molecule has 0 aromatic rings. The molecule has 104 valence electrons. The minimum atomic E-state index is 0.125. The molecule has 5 fully saturated rings. The minimum Gasteiger partial charge on any atom is -0.305 e. The van der Waals surface area contributed by atoms with Crippen LogP contribution in [0.4, 0.5) is 0 Å². The van der Waals surface area contributed by atoms with Crippen LogP contribution in [0.1, 0.15) is 45.4 Å². The highest BCUT2D eigenvalue weighted by Crippen LogP contribution is 2.57. The van der Waals surface area contributed by atoms with Gasteiger partial charge in [0.15, 0.2) is 5.17 Å². The predicted molar refractivity (Wildman–Crippen MR) is 78.1 cm³/mol. The van der Waals surface area contributed by atoms with E-state index in [1.807, 2.05) is 6.92 Å². The summed E-state index contributed by atoms with van der Waals surface area (Å²) in [7, 11) is 0. The number of hydrogen-bond acceptors (Lipinski definition) is 3. The molecule has 1 aliphatic heterocycles. The van der Waals surface area contributed by atoms with Gasteiger partial charge in [-0.25, -0.2) is 0 Å². The van der Waals surface area contributed by atoms with Crippen molar-refractivity contribution in [3.05, 3.63) is 0 Å². The quantitative estimate of drug-likeness (QED) is 0.801. The molecule has 5 aliphatic rings. The summed E-state index contributed by atoms with van der Waals surface area (Å²) in [6.07, 6.45) is 8.15. The van der Waals surface area contributed by atoms with Gasteiger partial charge in [-0.1, -0.05) is 18.7 Å². The molecule has 19 heavy (non-hydrogen) atoms. The Hall–Kier alpha value is -0.510. The zero-order chi connectivity index (χ0) is 13.0. The van der Waals surface area contributed by atoms with Crippen molar-refractivity contribution in [1.82, 2.24) is 5.32 Å². The van der Waals surface area contributed by atoms with E-state index in [2.05, 4.69) is 5.32 Å². The average molecular weight is 278 g/mol. The Bertz CT molecular complexity index is 410. The molecule has 1 amide bonds. The van der Waals surface area contributed by atoms with E-state index in [9.17, 15) is 4.79 Å². The summed E-state index contributed by atoms with van der Waals surface area (Å²) < 4.78 is 0. The van der Waals surface area contributed by atoms with E-state index in [0.717, 1.165) is 28.7 Å². The lowest BCUT2D eigenvalue weighted by molar-refractivity contribution is -0.122. The maximum Gasteiger partial charge on any atom is 0.229 e. The van der Waals surface area contributed by atoms with Crippen LogP contribution in [0.2, 0.25) is 0 Å². The lowest BCUT2D eigenvalue weighted by atomic mass is 9.53. The summed E-state index contributed by atoms with van der Waals surface area (Å²) in [5.41, 5.74) is 0.185. The van der Waals surface area contributed by atoms with Gasteiger partial charge in [-0.05, 0) is 56.3 Å². The molecule has 1 saturated heterocycles. The molecule has 5 rings (SSSR count). The van der Waals surface area contributed by atoms with Gasteiger partial charge in [0.25, 0.3) is 0 Å². The molecule has 0 aromatic carbocycles. The van der Waals surface area contributed by atoms with E-state index in [4.69, 9.17) is 4.99 Å². The van der Waals surface area contributed by atoms with E-state index in [-0.39, 0.29) is 17.4 Å². The number of rotatable bonds is 1. The second-order valence-corrected chi connectivity index (χ2v) is 8.27. The van der Waals surface area contributed by atoms with Gasteiger partial charge in [0, 0.05) is 11.7 Å². The molecular formula is C15H22N2OS. The second kappa shape index (κ2) is 4.24. The standard InChI is InChI=1S/C15H22N2OS/c1-9-8-19-14(16-13(9)18)17-15-5-10-2-11(6-15)4-12(3-10)7-15/h9-12H,2-8H2,1H3,(H,16,17,18). The molecule has 1 heterocycles. The van der Waals surface area contributed by atoms with Crippen LogP contribution < -0.4 is 5.32 Å². The van der Waals surface area contributed by atoms with Crippen LogP contribution in [0, 0.1) is 23.7 Å². The SMILES string of the molecule is CC1CSC(=NC23CC4CC(CC(C4)C2)C3)NC1=O. The molecule has 3 nitrogen and oxygen atoms in total. The lowest BCUT2D eigenvalue weighted by Gasteiger charge is -2.55. The van der Waals surface area contributed by atoms with Crippen LogP contribution in [0.15, 0.2) is 4.99 Å². The van der Waals surface area contributed by atoms with Crippen molar-refractivity contribution >= 4 is 22.8 Å². The maximum absolute atomic E-state index is 11.8. The Morgan fingerprint density at radius 2 is 1.74 bits per heavy atom. The van der Waals surface area contributed by atoms with Gasteiger partial charge in [-0.2, -0.15) is 0 Å². The fraction of sp³-hybridized carbons (Fsp3) is 0.867. The number of thioether (sulfide) groups is 1. The summed E-state index contributed by atoms with van der Waals surface area (Å²) in [4.78, 5) is 16.8. The first-order valence-electron chi connectivity index (χ1n) is 7.65. The molecule has 1 atom stereocenters. The van der Waals surface area contributed by atoms with E-state index in [1.54, 1.807) is 11.8 Å². The Morgan fingerprint density at radius 1 is 1.16 bits per heavy atom. The van der Waals surface area contributed by atoms with Crippen molar-refractivity contribution in [3.8, 4) is 0 Å². The Balaban J connectivity index is 1.57. The van der Waals surface area contributed by atoms with Crippen molar-refractivity contribution < 1.29 is 4.79 Å². The zero-order valence-electron chi connectivity index (χ0n) is 11.5. The van der Waals surface area contributed by atoms with Crippen LogP contribution in [0.3, 0.4) is 0 Å². The smallest absolute Gasteiger partial charge is 0.229 e. The molecule has 1 N–H and O–H groups in total. The molecule has 4 heteroatoms. The summed E-state index contributed by atoms with van der Waals surface area (Å²) in [5, 5.41) is 3.92. The molecule has 0 aromatic heterocycles. The Labute approximate surface area is 119 Å². The highest BCUT2D eigenvalue weighted by atomic mass is 32.2. The predicted octanol–water partition coefficient (Wildman–Crippen LogP) is 2.81. The summed E-state index contributed by atoms with van der Waals surface area (Å²) in [6.45, 7) is 1.99. The van der Waals surface area contributed by atoms with Crippen LogP contribution in [0.25, 0.3) is 0 Å². The third-order valence-corrected chi connectivity index (χ3v) is 6.63. The second-order valence-electron chi connectivity index (χ2n) is 7.26. The first-order chi connectivity index (χ1) is 9.12. The monoisotopic (exact) mass is 278 g/mol. The largest absolute Gasteiger partial charge is 0.305 e. The average Bonchev–Trinajstić information content (AvgIpc) is 2.31. The maximum atomic E-state index is 11.8. The zero-order valence-corrected chi connectivity index (χ0v) is 12.3. The van der Waals surface area contributed by atoms with Crippen LogP contribution in [0.5, 0.6) is 0 Å². The fourth-order valence-electron chi connectivity index (χ4n) is 5.02. The van der Waals surface area contributed by atoms with E-state index in [0.29, 0.717) is 0 Å². The highest BCUT2D eigenvalue weighted by Gasteiger charge is 2.51. The molecule has 4 saturated carbocycles. The molecule has 0 spiro atoms. The Kier molecular flexibility index (Phi) is 2.73. The minimum absolute atomic E-state index is 0.125. The van der Waals surface area contributed by atoms with E-state index < -0.39 is 0 Å². The first kappa shape index (κ1) is 12.2. The summed E-state index contributed by atoms with van der Waals surface area (Å²) in [6, 6.07) is 0. The number of aliphatic imine (C=N–C) groups is 1. The van der Waals surface area contributed by atoms with Gasteiger partial charge in [-0.3, -0.25) is 9.79 Å². The van der Waals surface area contributed by atoms with E-state index >= 15 is 0 Å². The van der Waals surface area contributed by atoms with Gasteiger partial charge in [0.1, 0.15) is 0 Å². The normalized spacial score (nSPS) is 50.6. The topological polar surface area (TPSA) is 41.5 Å². The van der Waals surface area contributed by atoms with Crippen molar-refractivity contribution in [2.75, 3.05) is 5.75 Å². The van der Waals surface area contributed by atoms with Crippen LogP contribution >= 0.6 is 11.8 Å². The van der Waals surface area contributed by atoms with Crippen LogP contribution in [-0.4, -0.2) is 22.4 Å². The van der Waals surface area contributed by atoms with Crippen molar-refractivity contribution in [2.24, 2.45) is 28.7 Å². The number of amidine groups is 1. The van der Waals surface area contributed by atoms with E-state index in [1.165, 1.54) is 38.5 Å².